The van der Waals surface area contributed by atoms with Crippen molar-refractivity contribution in [1.82, 2.24) is 0 Å². The van der Waals surface area contributed by atoms with Crippen molar-refractivity contribution in [2.45, 2.75) is 224 Å². The smallest absolute Gasteiger partial charge is 0.462 e. The van der Waals surface area contributed by atoms with Gasteiger partial charge in [-0.15, -0.1) is 0 Å². The summed E-state index contributed by atoms with van der Waals surface area (Å²) >= 11 is 0. The number of hydrogen-bond acceptors (Lipinski definition) is 12. The number of carbonyl (C=O) groups is 2. The van der Waals surface area contributed by atoms with Crippen molar-refractivity contribution in [3.63, 3.8) is 0 Å². The van der Waals surface area contributed by atoms with Crippen molar-refractivity contribution >= 4 is 19.8 Å². The Kier molecular flexibility index (Phi) is 33.3. The van der Waals surface area contributed by atoms with Gasteiger partial charge in [-0.3, -0.25) is 18.6 Å². The number of aliphatic hydroxyl groups excluding tert-OH is 5. The van der Waals surface area contributed by atoms with Crippen LogP contribution in [-0.2, 0) is 32.7 Å². The minimum atomic E-state index is -5.13. The van der Waals surface area contributed by atoms with Crippen molar-refractivity contribution in [1.29, 1.82) is 0 Å². The summed E-state index contributed by atoms with van der Waals surface area (Å²) in [6, 6.07) is 0. The minimum Gasteiger partial charge on any atom is -0.462 e. The average Bonchev–Trinajstić information content (AvgIpc) is 3.21. The summed E-state index contributed by atoms with van der Waals surface area (Å²) in [6.45, 7) is 3.23. The van der Waals surface area contributed by atoms with Crippen LogP contribution >= 0.6 is 7.82 Å². The number of carbonyl (C=O) groups excluding carboxylic acids is 2. The molecule has 0 spiro atoms. The maximum absolute atomic E-state index is 12.8. The summed E-state index contributed by atoms with van der Waals surface area (Å²) in [6.07, 6.45) is 26.5. The van der Waals surface area contributed by atoms with Crippen LogP contribution < -0.4 is 0 Å². The van der Waals surface area contributed by atoms with E-state index in [1.807, 2.05) is 12.2 Å². The highest BCUT2D eigenvalue weighted by Gasteiger charge is 2.51. The number of unbranched alkanes of at least 4 members (excludes halogenated alkanes) is 19. The number of aliphatic hydroxyl groups is 5. The van der Waals surface area contributed by atoms with E-state index in [1.54, 1.807) is 0 Å². The molecule has 14 heteroatoms. The lowest BCUT2D eigenvalue weighted by Crippen LogP contribution is -2.64. The van der Waals surface area contributed by atoms with Crippen molar-refractivity contribution in [2.24, 2.45) is 0 Å². The molecule has 0 aromatic heterocycles. The zero-order valence-electron chi connectivity index (χ0n) is 36.3. The zero-order valence-corrected chi connectivity index (χ0v) is 37.2. The average molecular weight is 861 g/mol. The van der Waals surface area contributed by atoms with Crippen LogP contribution in [0, 0.1) is 0 Å². The van der Waals surface area contributed by atoms with Crippen molar-refractivity contribution in [3.05, 3.63) is 36.5 Å². The van der Waals surface area contributed by atoms with Crippen LogP contribution in [-0.4, -0.2) is 98.3 Å². The predicted octanol–water partition coefficient (Wildman–Crippen LogP) is 8.61. The Hall–Kier alpha value is -1.93. The van der Waals surface area contributed by atoms with Crippen LogP contribution in [0.4, 0.5) is 0 Å². The van der Waals surface area contributed by atoms with E-state index in [1.165, 1.54) is 96.3 Å². The van der Waals surface area contributed by atoms with Crippen molar-refractivity contribution < 1.29 is 63.1 Å². The highest BCUT2D eigenvalue weighted by atomic mass is 31.2. The quantitative estimate of drug-likeness (QED) is 0.0150. The van der Waals surface area contributed by atoms with Crippen LogP contribution in [0.25, 0.3) is 0 Å². The zero-order chi connectivity index (χ0) is 43.6. The van der Waals surface area contributed by atoms with E-state index < -0.39 is 75.7 Å². The molecule has 6 N–H and O–H groups in total. The highest BCUT2D eigenvalue weighted by Crippen LogP contribution is 2.47. The van der Waals surface area contributed by atoms with Crippen molar-refractivity contribution in [2.75, 3.05) is 13.2 Å². The van der Waals surface area contributed by atoms with Crippen LogP contribution in [0.15, 0.2) is 36.5 Å². The van der Waals surface area contributed by atoms with Gasteiger partial charge in [0.15, 0.2) is 6.10 Å². The fourth-order valence-electron chi connectivity index (χ4n) is 6.75. The van der Waals surface area contributed by atoms with E-state index >= 15 is 0 Å². The van der Waals surface area contributed by atoms with Gasteiger partial charge in [-0.05, 0) is 57.8 Å². The van der Waals surface area contributed by atoms with Gasteiger partial charge in [0.25, 0.3) is 0 Å². The molecule has 6 unspecified atom stereocenters. The number of phosphoric ester groups is 1. The molecule has 13 nitrogen and oxygen atoms in total. The molecule has 1 fully saturated rings. The number of phosphoric acid groups is 1. The Morgan fingerprint density at radius 2 is 0.949 bits per heavy atom. The second-order valence-electron chi connectivity index (χ2n) is 15.9. The molecule has 1 aliphatic rings. The third kappa shape index (κ3) is 28.3. The van der Waals surface area contributed by atoms with Gasteiger partial charge in [0.2, 0.25) is 0 Å². The largest absolute Gasteiger partial charge is 0.472 e. The molecule has 0 saturated heterocycles. The lowest BCUT2D eigenvalue weighted by atomic mass is 9.85. The molecule has 1 aliphatic carbocycles. The molecular weight excluding hydrogens is 779 g/mol. The van der Waals surface area contributed by atoms with Crippen molar-refractivity contribution in [3.8, 4) is 0 Å². The van der Waals surface area contributed by atoms with Crippen LogP contribution in [0.3, 0.4) is 0 Å². The number of hydrogen-bond donors (Lipinski definition) is 6. The molecule has 0 aliphatic heterocycles. The highest BCUT2D eigenvalue weighted by molar-refractivity contribution is 7.47. The van der Waals surface area contributed by atoms with Gasteiger partial charge in [-0.1, -0.05) is 147 Å². The van der Waals surface area contributed by atoms with Gasteiger partial charge in [-0.25, -0.2) is 4.57 Å². The molecule has 0 radical (unpaired) electrons. The Labute approximate surface area is 355 Å². The first kappa shape index (κ1) is 55.1. The van der Waals surface area contributed by atoms with Crippen LogP contribution in [0.2, 0.25) is 0 Å². The third-order valence-electron chi connectivity index (χ3n) is 10.5. The molecule has 0 bridgehead atoms. The lowest BCUT2D eigenvalue weighted by molar-refractivity contribution is -0.220. The normalized spacial score (nSPS) is 22.6. The van der Waals surface area contributed by atoms with E-state index in [4.69, 9.17) is 18.5 Å². The molecule has 0 aromatic carbocycles. The van der Waals surface area contributed by atoms with Gasteiger partial charge in [0.05, 0.1) is 6.61 Å². The Morgan fingerprint density at radius 1 is 0.525 bits per heavy atom. The first-order chi connectivity index (χ1) is 28.4. The molecule has 344 valence electrons. The molecule has 59 heavy (non-hydrogen) atoms. The fraction of sp³-hybridized carbons (Fsp3) is 0.822. The van der Waals surface area contributed by atoms with E-state index in [0.29, 0.717) is 12.8 Å². The molecule has 1 saturated carbocycles. The summed E-state index contributed by atoms with van der Waals surface area (Å²) in [7, 11) is -5.13. The van der Waals surface area contributed by atoms with Gasteiger partial charge in [0.1, 0.15) is 43.2 Å². The van der Waals surface area contributed by atoms with E-state index in [0.717, 1.165) is 44.9 Å². The lowest BCUT2D eigenvalue weighted by Gasteiger charge is -2.41. The molecule has 0 heterocycles. The summed E-state index contributed by atoms with van der Waals surface area (Å²) in [5, 5.41) is 50.1. The second-order valence-corrected chi connectivity index (χ2v) is 17.3. The summed E-state index contributed by atoms with van der Waals surface area (Å²) in [5.74, 6) is -1.19. The standard InChI is InChI=1S/C45H81O13P/c1-3-5-7-9-11-13-15-17-19-21-23-25-27-29-31-33-38(46)55-35-37(36-56-59(53,54)58-45-43(51)41(49)40(48)42(50)44(45)52)57-39(47)34-32-30-28-26-24-22-20-18-16-14-12-10-8-6-4-2/h17,19,23,25,28,30,37,40-45,48-52H,3-16,18,20-22,24,26-27,29,31-36H2,1-2H3,(H,53,54)/b19-17+,25-23+,30-28+/t37-,40?,41-,42?,43?,44?,45?/m1/s1. The predicted molar refractivity (Wildman–Crippen MR) is 230 cm³/mol. The first-order valence-corrected chi connectivity index (χ1v) is 24.3. The second kappa shape index (κ2) is 35.6. The van der Waals surface area contributed by atoms with E-state index in [2.05, 4.69) is 38.2 Å². The van der Waals surface area contributed by atoms with Gasteiger partial charge >= 0.3 is 19.8 Å². The number of ether oxygens (including phenoxy) is 2. The Bertz CT molecular complexity index is 1180. The van der Waals surface area contributed by atoms with Crippen LogP contribution in [0.1, 0.15) is 181 Å². The first-order valence-electron chi connectivity index (χ1n) is 22.8. The summed E-state index contributed by atoms with van der Waals surface area (Å²) in [4.78, 5) is 35.6. The van der Waals surface area contributed by atoms with Gasteiger partial charge in [-0.2, -0.15) is 0 Å². The third-order valence-corrected chi connectivity index (χ3v) is 11.5. The molecule has 0 amide bonds. The Morgan fingerprint density at radius 3 is 1.46 bits per heavy atom. The summed E-state index contributed by atoms with van der Waals surface area (Å²) < 4.78 is 33.4. The fourth-order valence-corrected chi connectivity index (χ4v) is 7.72. The number of esters is 2. The molecule has 8 atom stereocenters. The summed E-state index contributed by atoms with van der Waals surface area (Å²) in [5.41, 5.74) is 0. The van der Waals surface area contributed by atoms with Crippen LogP contribution in [0.5, 0.6) is 0 Å². The SMILES string of the molecule is CCCCCCCC/C=C/C/C=C/CCCCC(=O)OC[C@H](COP(=O)(O)OC1C(O)C(O)C(O)[C@@H](O)C1O)OC(=O)CC/C=C/CCCCCCCCCCCCC. The number of rotatable bonds is 37. The van der Waals surface area contributed by atoms with E-state index in [9.17, 15) is 44.6 Å². The minimum absolute atomic E-state index is 0.00742. The molecular formula is C45H81O13P. The maximum Gasteiger partial charge on any atom is 0.472 e. The van der Waals surface area contributed by atoms with Gasteiger partial charge in [0, 0.05) is 12.8 Å². The topological polar surface area (TPSA) is 210 Å². The maximum atomic E-state index is 12.8. The Balaban J connectivity index is 2.52. The monoisotopic (exact) mass is 861 g/mol. The number of allylic oxidation sites excluding steroid dienone is 6. The molecule has 0 aromatic rings. The molecule has 1 rings (SSSR count). The van der Waals surface area contributed by atoms with E-state index in [-0.39, 0.29) is 12.8 Å². The van der Waals surface area contributed by atoms with Gasteiger partial charge < -0.3 is 39.9 Å².